The van der Waals surface area contributed by atoms with Crippen LogP contribution in [-0.2, 0) is 0 Å². The van der Waals surface area contributed by atoms with Crippen molar-refractivity contribution in [3.05, 3.63) is 24.3 Å². The van der Waals surface area contributed by atoms with Crippen molar-refractivity contribution in [2.24, 2.45) is 0 Å². The summed E-state index contributed by atoms with van der Waals surface area (Å²) in [6.45, 7) is 6.19. The van der Waals surface area contributed by atoms with Gasteiger partial charge < -0.3 is 5.32 Å². The smallest absolute Gasteiger partial charge is 0.117 e. The van der Waals surface area contributed by atoms with Gasteiger partial charge in [0.2, 0.25) is 0 Å². The lowest BCUT2D eigenvalue weighted by Gasteiger charge is -2.29. The molecule has 86 valence electrons. The molecule has 1 heterocycles. The Morgan fingerprint density at radius 2 is 2.06 bits per heavy atom. The third-order valence-corrected chi connectivity index (χ3v) is 4.15. The fourth-order valence-corrected chi connectivity index (χ4v) is 2.35. The van der Waals surface area contributed by atoms with Crippen molar-refractivity contribution in [3.8, 4) is 0 Å². The summed E-state index contributed by atoms with van der Waals surface area (Å²) in [5.74, 6) is 0. The molecule has 4 heteroatoms. The molecule has 1 N–H and O–H groups in total. The van der Waals surface area contributed by atoms with E-state index >= 15 is 0 Å². The van der Waals surface area contributed by atoms with Gasteiger partial charge in [0.15, 0.2) is 0 Å². The molecule has 0 bridgehead atoms. The fraction of sp³-hybridized carbons (Fsp3) is 0.417. The monoisotopic (exact) mass is 254 g/mol. The van der Waals surface area contributed by atoms with Crippen molar-refractivity contribution >= 4 is 39.0 Å². The minimum atomic E-state index is -0.142. The molecule has 0 saturated heterocycles. The normalized spacial score (nSPS) is 14.0. The molecular weight excluding hydrogens is 240 g/mol. The topological polar surface area (TPSA) is 24.9 Å². The van der Waals surface area contributed by atoms with Crippen LogP contribution in [0.15, 0.2) is 24.3 Å². The Bertz CT molecular complexity index is 490. The van der Waals surface area contributed by atoms with E-state index in [9.17, 15) is 0 Å². The van der Waals surface area contributed by atoms with Gasteiger partial charge in [0.05, 0.1) is 10.9 Å². The summed E-state index contributed by atoms with van der Waals surface area (Å²) < 4.78 is 4.40. The first-order valence-corrected chi connectivity index (χ1v) is 6.48. The van der Waals surface area contributed by atoms with Crippen LogP contribution >= 0.6 is 23.1 Å². The second-order valence-electron chi connectivity index (χ2n) is 4.49. The largest absolute Gasteiger partial charge is 0.369 e. The maximum Gasteiger partial charge on any atom is 0.117 e. The van der Waals surface area contributed by atoms with E-state index in [1.54, 1.807) is 0 Å². The number of alkyl halides is 1. The zero-order chi connectivity index (χ0) is 11.8. The molecule has 0 amide bonds. The number of anilines is 1. The summed E-state index contributed by atoms with van der Waals surface area (Å²) in [5.41, 5.74) is 0.893. The maximum atomic E-state index is 6.16. The van der Waals surface area contributed by atoms with E-state index < -0.39 is 0 Å². The molecule has 1 aromatic carbocycles. The van der Waals surface area contributed by atoms with Crippen LogP contribution in [0, 0.1) is 0 Å². The van der Waals surface area contributed by atoms with Gasteiger partial charge in [-0.3, -0.25) is 0 Å². The fourth-order valence-electron chi connectivity index (χ4n) is 1.37. The van der Waals surface area contributed by atoms with E-state index in [0.29, 0.717) is 0 Å². The predicted octanol–water partition coefficient (Wildman–Crippen LogP) is 4.11. The molecule has 1 aromatic heterocycles. The Morgan fingerprint density at radius 3 is 2.75 bits per heavy atom. The van der Waals surface area contributed by atoms with Crippen LogP contribution in [0.2, 0.25) is 0 Å². The van der Waals surface area contributed by atoms with Crippen LogP contribution in [0.1, 0.15) is 20.8 Å². The van der Waals surface area contributed by atoms with Crippen molar-refractivity contribution in [2.75, 3.05) is 5.32 Å². The number of aromatic nitrogens is 1. The second-order valence-corrected chi connectivity index (χ2v) is 5.92. The summed E-state index contributed by atoms with van der Waals surface area (Å²) in [7, 11) is 0. The lowest BCUT2D eigenvalue weighted by Crippen LogP contribution is -2.38. The van der Waals surface area contributed by atoms with Gasteiger partial charge >= 0.3 is 0 Å². The molecule has 2 rings (SSSR count). The van der Waals surface area contributed by atoms with E-state index in [0.717, 1.165) is 15.9 Å². The third kappa shape index (κ3) is 2.15. The highest BCUT2D eigenvalue weighted by Crippen LogP contribution is 2.31. The molecule has 0 saturated carbocycles. The average Bonchev–Trinajstić information content (AvgIpc) is 2.61. The van der Waals surface area contributed by atoms with Crippen molar-refractivity contribution in [3.63, 3.8) is 0 Å². The van der Waals surface area contributed by atoms with Crippen LogP contribution in [0.4, 0.5) is 5.00 Å². The Hall–Kier alpha value is -0.800. The number of rotatable bonds is 3. The van der Waals surface area contributed by atoms with Crippen LogP contribution in [0.3, 0.4) is 0 Å². The highest BCUT2D eigenvalue weighted by Gasteiger charge is 2.25. The molecule has 1 unspecified atom stereocenters. The summed E-state index contributed by atoms with van der Waals surface area (Å²) in [4.78, 5) is 0. The number of benzene rings is 1. The molecule has 0 aliphatic heterocycles. The molecular formula is C12H15ClN2S. The summed E-state index contributed by atoms with van der Waals surface area (Å²) >= 11 is 7.65. The highest BCUT2D eigenvalue weighted by molar-refractivity contribution is 7.11. The van der Waals surface area contributed by atoms with Crippen molar-refractivity contribution in [2.45, 2.75) is 31.7 Å². The van der Waals surface area contributed by atoms with Gasteiger partial charge in [0, 0.05) is 10.9 Å². The summed E-state index contributed by atoms with van der Waals surface area (Å²) in [6.07, 6.45) is 0. The first-order valence-electron chi connectivity index (χ1n) is 5.27. The lowest BCUT2D eigenvalue weighted by molar-refractivity contribution is 0.557. The van der Waals surface area contributed by atoms with Crippen molar-refractivity contribution in [1.29, 1.82) is 0 Å². The standard InChI is InChI=1S/C12H15ClN2S/c1-8(13)12(2,3)14-11-9-6-4-5-7-10(9)15-16-11/h4-8,14H,1-3H3. The van der Waals surface area contributed by atoms with Gasteiger partial charge in [0.25, 0.3) is 0 Å². The zero-order valence-electron chi connectivity index (χ0n) is 9.62. The number of hydrogen-bond donors (Lipinski definition) is 1. The van der Waals surface area contributed by atoms with E-state index in [4.69, 9.17) is 11.6 Å². The molecule has 0 fully saturated rings. The van der Waals surface area contributed by atoms with Gasteiger partial charge in [-0.15, -0.1) is 11.6 Å². The van der Waals surface area contributed by atoms with E-state index in [1.165, 1.54) is 11.5 Å². The molecule has 0 radical (unpaired) electrons. The second kappa shape index (κ2) is 4.22. The van der Waals surface area contributed by atoms with Crippen LogP contribution in [0.25, 0.3) is 10.9 Å². The van der Waals surface area contributed by atoms with Crippen molar-refractivity contribution in [1.82, 2.24) is 4.37 Å². The third-order valence-electron chi connectivity index (χ3n) is 2.81. The number of hydrogen-bond acceptors (Lipinski definition) is 3. The van der Waals surface area contributed by atoms with Gasteiger partial charge in [-0.2, -0.15) is 4.37 Å². The number of nitrogens with zero attached hydrogens (tertiary/aromatic N) is 1. The van der Waals surface area contributed by atoms with Crippen LogP contribution in [0.5, 0.6) is 0 Å². The van der Waals surface area contributed by atoms with Gasteiger partial charge in [-0.25, -0.2) is 0 Å². The molecule has 1 atom stereocenters. The van der Waals surface area contributed by atoms with Crippen LogP contribution < -0.4 is 5.32 Å². The summed E-state index contributed by atoms with van der Waals surface area (Å²) in [6, 6.07) is 8.13. The minimum Gasteiger partial charge on any atom is -0.369 e. The first kappa shape index (κ1) is 11.7. The quantitative estimate of drug-likeness (QED) is 0.834. The summed E-state index contributed by atoms with van der Waals surface area (Å²) in [5, 5.41) is 5.77. The first-order chi connectivity index (χ1) is 7.50. The maximum absolute atomic E-state index is 6.16. The lowest BCUT2D eigenvalue weighted by atomic mass is 10.0. The zero-order valence-corrected chi connectivity index (χ0v) is 11.2. The van der Waals surface area contributed by atoms with Gasteiger partial charge in [0.1, 0.15) is 5.00 Å². The Balaban J connectivity index is 2.35. The highest BCUT2D eigenvalue weighted by atomic mass is 35.5. The van der Waals surface area contributed by atoms with Gasteiger partial charge in [-0.1, -0.05) is 12.1 Å². The van der Waals surface area contributed by atoms with E-state index in [2.05, 4.69) is 29.6 Å². The molecule has 0 aliphatic rings. The molecule has 0 aliphatic carbocycles. The number of fused-ring (bicyclic) bond motifs is 1. The number of nitrogens with one attached hydrogen (secondary N) is 1. The van der Waals surface area contributed by atoms with E-state index in [1.807, 2.05) is 25.1 Å². The van der Waals surface area contributed by atoms with Crippen LogP contribution in [-0.4, -0.2) is 15.3 Å². The molecule has 2 aromatic rings. The Kier molecular flexibility index (Phi) is 3.08. The Morgan fingerprint density at radius 1 is 1.38 bits per heavy atom. The average molecular weight is 255 g/mol. The van der Waals surface area contributed by atoms with Crippen molar-refractivity contribution < 1.29 is 0 Å². The minimum absolute atomic E-state index is 0.0494. The molecule has 16 heavy (non-hydrogen) atoms. The molecule has 2 nitrogen and oxygen atoms in total. The van der Waals surface area contributed by atoms with E-state index in [-0.39, 0.29) is 10.9 Å². The van der Waals surface area contributed by atoms with Gasteiger partial charge in [-0.05, 0) is 44.4 Å². The molecule has 0 spiro atoms. The SMILES string of the molecule is CC(Cl)C(C)(C)Nc1snc2ccccc12. The predicted molar refractivity (Wildman–Crippen MR) is 72.6 cm³/mol. The number of halogens is 1. The Labute approximate surface area is 105 Å².